The van der Waals surface area contributed by atoms with E-state index in [4.69, 9.17) is 9.47 Å². The Balaban J connectivity index is 1.86. The van der Waals surface area contributed by atoms with Crippen molar-refractivity contribution < 1.29 is 29.0 Å². The number of carboxylic acid groups (broad SMARTS) is 1. The average molecular weight is 442 g/mol. The van der Waals surface area contributed by atoms with Crippen LogP contribution in [0.4, 0.5) is 0 Å². The van der Waals surface area contributed by atoms with E-state index in [1.165, 1.54) is 17.8 Å². The number of rotatable bonds is 9. The highest BCUT2D eigenvalue weighted by molar-refractivity contribution is 7.98. The summed E-state index contributed by atoms with van der Waals surface area (Å²) in [7, 11) is 0. The lowest BCUT2D eigenvalue weighted by Gasteiger charge is -2.16. The van der Waals surface area contributed by atoms with Crippen LogP contribution >= 0.6 is 11.8 Å². The molecule has 2 amide bonds. The van der Waals surface area contributed by atoms with Gasteiger partial charge < -0.3 is 25.2 Å². The van der Waals surface area contributed by atoms with Gasteiger partial charge >= 0.3 is 5.97 Å². The molecule has 0 spiro atoms. The molecular weight excluding hydrogens is 420 g/mol. The zero-order chi connectivity index (χ0) is 22.2. The van der Waals surface area contributed by atoms with Crippen LogP contribution in [0, 0.1) is 0 Å². The number of aliphatic carboxylic acids is 1. The lowest BCUT2D eigenvalue weighted by Crippen LogP contribution is -2.44. The van der Waals surface area contributed by atoms with Crippen molar-refractivity contribution in [1.82, 2.24) is 10.6 Å². The van der Waals surface area contributed by atoms with Crippen molar-refractivity contribution in [2.75, 3.05) is 18.8 Å². The summed E-state index contributed by atoms with van der Waals surface area (Å²) in [6.07, 6.45) is 3.57. The summed E-state index contributed by atoms with van der Waals surface area (Å²) >= 11 is 1.48. The second-order valence-electron chi connectivity index (χ2n) is 6.64. The van der Waals surface area contributed by atoms with E-state index in [-0.39, 0.29) is 18.9 Å². The SMILES string of the molecule is CSCCC(NC(=O)C(=Cc1ccc2c(c1)OCO2)NC(=O)c1ccccc1)C(=O)O. The maximum absolute atomic E-state index is 12.9. The van der Waals surface area contributed by atoms with Crippen LogP contribution in [-0.2, 0) is 9.59 Å². The number of ether oxygens (including phenoxy) is 2. The molecule has 0 bridgehead atoms. The number of fused-ring (bicyclic) bond motifs is 1. The zero-order valence-corrected chi connectivity index (χ0v) is 17.6. The minimum Gasteiger partial charge on any atom is -0.480 e. The monoisotopic (exact) mass is 442 g/mol. The summed E-state index contributed by atoms with van der Waals surface area (Å²) in [6.45, 7) is 0.107. The molecular formula is C22H22N2O6S. The molecule has 3 rings (SSSR count). The number of benzene rings is 2. The number of carboxylic acids is 1. The van der Waals surface area contributed by atoms with E-state index in [0.29, 0.717) is 28.4 Å². The number of thioether (sulfide) groups is 1. The number of nitrogens with one attached hydrogen (secondary N) is 2. The Labute approximate surface area is 183 Å². The number of hydrogen-bond acceptors (Lipinski definition) is 6. The third-order valence-corrected chi connectivity index (χ3v) is 5.09. The van der Waals surface area contributed by atoms with Crippen LogP contribution in [0.3, 0.4) is 0 Å². The maximum atomic E-state index is 12.9. The van der Waals surface area contributed by atoms with Gasteiger partial charge in [-0.05, 0) is 54.3 Å². The lowest BCUT2D eigenvalue weighted by molar-refractivity contribution is -0.141. The van der Waals surface area contributed by atoms with Crippen LogP contribution in [0.2, 0.25) is 0 Å². The summed E-state index contributed by atoms with van der Waals surface area (Å²) in [5, 5.41) is 14.5. The standard InChI is InChI=1S/C22H22N2O6S/c1-31-10-9-16(22(27)28)23-21(26)17(24-20(25)15-5-3-2-4-6-15)11-14-7-8-18-19(12-14)30-13-29-18/h2-8,11-12,16H,9-10,13H2,1H3,(H,23,26)(H,24,25)(H,27,28). The Hall–Kier alpha value is -3.46. The fourth-order valence-electron chi connectivity index (χ4n) is 2.84. The topological polar surface area (TPSA) is 114 Å². The molecule has 0 fully saturated rings. The van der Waals surface area contributed by atoms with E-state index in [0.717, 1.165) is 0 Å². The van der Waals surface area contributed by atoms with Crippen molar-refractivity contribution in [2.24, 2.45) is 0 Å². The maximum Gasteiger partial charge on any atom is 0.326 e. The molecule has 1 heterocycles. The van der Waals surface area contributed by atoms with Crippen molar-refractivity contribution >= 4 is 35.6 Å². The highest BCUT2D eigenvalue weighted by Gasteiger charge is 2.23. The first kappa shape index (κ1) is 22.2. The molecule has 3 N–H and O–H groups in total. The van der Waals surface area contributed by atoms with Gasteiger partial charge in [0.1, 0.15) is 11.7 Å². The molecule has 1 aliphatic rings. The lowest BCUT2D eigenvalue weighted by atomic mass is 10.1. The van der Waals surface area contributed by atoms with Gasteiger partial charge in [0.15, 0.2) is 11.5 Å². The minimum atomic E-state index is -1.14. The average Bonchev–Trinajstić information content (AvgIpc) is 3.24. The van der Waals surface area contributed by atoms with Gasteiger partial charge in [-0.15, -0.1) is 0 Å². The molecule has 162 valence electrons. The van der Waals surface area contributed by atoms with E-state index >= 15 is 0 Å². The Morgan fingerprint density at radius 2 is 1.87 bits per heavy atom. The summed E-state index contributed by atoms with van der Waals surface area (Å²) in [4.78, 5) is 37.1. The van der Waals surface area contributed by atoms with Crippen molar-refractivity contribution in [2.45, 2.75) is 12.5 Å². The molecule has 0 aromatic heterocycles. The minimum absolute atomic E-state index is 0.0804. The van der Waals surface area contributed by atoms with Crippen molar-refractivity contribution in [3.8, 4) is 11.5 Å². The molecule has 31 heavy (non-hydrogen) atoms. The van der Waals surface area contributed by atoms with Crippen LogP contribution in [-0.4, -0.2) is 47.7 Å². The van der Waals surface area contributed by atoms with E-state index < -0.39 is 23.8 Å². The van der Waals surface area contributed by atoms with Gasteiger partial charge in [0, 0.05) is 5.56 Å². The third-order valence-electron chi connectivity index (χ3n) is 4.45. The van der Waals surface area contributed by atoms with Gasteiger partial charge in [-0.3, -0.25) is 9.59 Å². The predicted octanol–water partition coefficient (Wildman–Crippen LogP) is 2.51. The molecule has 2 aromatic rings. The Kier molecular flexibility index (Phi) is 7.55. The Bertz CT molecular complexity index is 993. The van der Waals surface area contributed by atoms with Crippen molar-refractivity contribution in [3.05, 3.63) is 65.4 Å². The molecule has 9 heteroatoms. The van der Waals surface area contributed by atoms with E-state index in [9.17, 15) is 19.5 Å². The summed E-state index contributed by atoms with van der Waals surface area (Å²) in [5.74, 6) is -0.659. The van der Waals surface area contributed by atoms with Gasteiger partial charge in [0.2, 0.25) is 6.79 Å². The molecule has 0 radical (unpaired) electrons. The largest absolute Gasteiger partial charge is 0.480 e. The molecule has 0 saturated carbocycles. The normalized spacial score (nSPS) is 13.4. The molecule has 1 atom stereocenters. The fourth-order valence-corrected chi connectivity index (χ4v) is 3.31. The number of amides is 2. The quantitative estimate of drug-likeness (QED) is 0.511. The second kappa shape index (κ2) is 10.5. The molecule has 8 nitrogen and oxygen atoms in total. The first-order valence-corrected chi connectivity index (χ1v) is 10.9. The molecule has 0 saturated heterocycles. The Morgan fingerprint density at radius 1 is 1.13 bits per heavy atom. The molecule has 0 aliphatic carbocycles. The smallest absolute Gasteiger partial charge is 0.326 e. The van der Waals surface area contributed by atoms with Gasteiger partial charge in [-0.25, -0.2) is 4.79 Å². The van der Waals surface area contributed by atoms with Crippen LogP contribution in [0.25, 0.3) is 6.08 Å². The summed E-state index contributed by atoms with van der Waals surface area (Å²) in [5.41, 5.74) is 0.867. The first-order chi connectivity index (χ1) is 15.0. The number of hydrogen-bond donors (Lipinski definition) is 3. The van der Waals surface area contributed by atoms with E-state index in [2.05, 4.69) is 10.6 Å². The van der Waals surface area contributed by atoms with Gasteiger partial charge in [0.25, 0.3) is 11.8 Å². The summed E-state index contributed by atoms with van der Waals surface area (Å²) < 4.78 is 10.6. The van der Waals surface area contributed by atoms with E-state index in [1.807, 2.05) is 6.26 Å². The third kappa shape index (κ3) is 6.02. The van der Waals surface area contributed by atoms with Crippen LogP contribution in [0.1, 0.15) is 22.3 Å². The van der Waals surface area contributed by atoms with Gasteiger partial charge in [-0.2, -0.15) is 11.8 Å². The highest BCUT2D eigenvalue weighted by atomic mass is 32.2. The van der Waals surface area contributed by atoms with Gasteiger partial charge in [-0.1, -0.05) is 24.3 Å². The van der Waals surface area contributed by atoms with Crippen molar-refractivity contribution in [1.29, 1.82) is 0 Å². The summed E-state index contributed by atoms with van der Waals surface area (Å²) in [6, 6.07) is 12.4. The van der Waals surface area contributed by atoms with Crippen LogP contribution in [0.5, 0.6) is 11.5 Å². The van der Waals surface area contributed by atoms with E-state index in [1.54, 1.807) is 48.5 Å². The zero-order valence-electron chi connectivity index (χ0n) is 16.8. The molecule has 1 unspecified atom stereocenters. The predicted molar refractivity (Wildman–Crippen MR) is 117 cm³/mol. The van der Waals surface area contributed by atoms with Crippen LogP contribution < -0.4 is 20.1 Å². The van der Waals surface area contributed by atoms with Crippen LogP contribution in [0.15, 0.2) is 54.2 Å². The number of carbonyl (C=O) groups is 3. The second-order valence-corrected chi connectivity index (χ2v) is 7.62. The van der Waals surface area contributed by atoms with Gasteiger partial charge in [0.05, 0.1) is 0 Å². The first-order valence-electron chi connectivity index (χ1n) is 9.48. The Morgan fingerprint density at radius 3 is 2.58 bits per heavy atom. The number of carbonyl (C=O) groups excluding carboxylic acids is 2. The highest BCUT2D eigenvalue weighted by Crippen LogP contribution is 2.33. The fraction of sp³-hybridized carbons (Fsp3) is 0.227. The van der Waals surface area contributed by atoms with Crippen molar-refractivity contribution in [3.63, 3.8) is 0 Å². The molecule has 1 aliphatic heterocycles. The molecule has 2 aromatic carbocycles.